The van der Waals surface area contributed by atoms with Crippen LogP contribution in [0.1, 0.15) is 12.5 Å². The van der Waals surface area contributed by atoms with E-state index in [9.17, 15) is 0 Å². The van der Waals surface area contributed by atoms with E-state index >= 15 is 0 Å². The molecule has 82 valence electrons. The normalized spacial score (nSPS) is 13.1. The van der Waals surface area contributed by atoms with Crippen molar-refractivity contribution >= 4 is 22.0 Å². The summed E-state index contributed by atoms with van der Waals surface area (Å²) in [4.78, 5) is 0. The molecule has 0 fully saturated rings. The van der Waals surface area contributed by atoms with Crippen LogP contribution < -0.4 is 4.74 Å². The van der Waals surface area contributed by atoms with Gasteiger partial charge in [-0.3, -0.25) is 0 Å². The summed E-state index contributed by atoms with van der Waals surface area (Å²) in [6, 6.07) is 5.86. The molecule has 0 aliphatic heterocycles. The second kappa shape index (κ2) is 5.93. The van der Waals surface area contributed by atoms with Crippen molar-refractivity contribution in [2.45, 2.75) is 13.0 Å². The molecule has 0 aromatic heterocycles. The number of hydrogen-bond acceptors (Lipinski definition) is 2. The van der Waals surface area contributed by atoms with Crippen molar-refractivity contribution in [2.24, 2.45) is 0 Å². The molecule has 0 spiro atoms. The Labute approximate surface area is 99.0 Å². The first-order chi connectivity index (χ1) is 7.17. The molecule has 2 nitrogen and oxygen atoms in total. The van der Waals surface area contributed by atoms with Crippen molar-refractivity contribution in [3.63, 3.8) is 0 Å². The fraction of sp³-hybridized carbons (Fsp3) is 0.333. The van der Waals surface area contributed by atoms with Gasteiger partial charge in [-0.15, -0.1) is 0 Å². The summed E-state index contributed by atoms with van der Waals surface area (Å²) in [5.74, 6) is 0.850. The monoisotopic (exact) mass is 270 g/mol. The summed E-state index contributed by atoms with van der Waals surface area (Å²) in [7, 11) is 3.35. The molecule has 15 heavy (non-hydrogen) atoms. The first-order valence-corrected chi connectivity index (χ1v) is 5.51. The van der Waals surface area contributed by atoms with Gasteiger partial charge in [0.1, 0.15) is 5.75 Å². The first-order valence-electron chi connectivity index (χ1n) is 4.72. The van der Waals surface area contributed by atoms with Gasteiger partial charge in [-0.05, 0) is 30.7 Å². The van der Waals surface area contributed by atoms with Crippen LogP contribution in [0.2, 0.25) is 0 Å². The van der Waals surface area contributed by atoms with Gasteiger partial charge in [0.25, 0.3) is 0 Å². The van der Waals surface area contributed by atoms with Gasteiger partial charge in [0.2, 0.25) is 0 Å². The summed E-state index contributed by atoms with van der Waals surface area (Å²) in [6.45, 7) is 1.99. The molecule has 0 saturated carbocycles. The van der Waals surface area contributed by atoms with Crippen LogP contribution in [-0.2, 0) is 4.74 Å². The standard InChI is InChI=1S/C12H15BrO2/c1-9(14-2)4-5-10-8-11(15-3)6-7-12(10)13/h4-9H,1-3H3/b5-4+. The average molecular weight is 271 g/mol. The molecule has 1 atom stereocenters. The molecule has 0 aliphatic rings. The predicted octanol–water partition coefficient (Wildman–Crippen LogP) is 3.51. The quantitative estimate of drug-likeness (QED) is 0.834. The van der Waals surface area contributed by atoms with Crippen LogP contribution in [0.15, 0.2) is 28.7 Å². The number of methoxy groups -OCH3 is 2. The van der Waals surface area contributed by atoms with Gasteiger partial charge in [-0.2, -0.15) is 0 Å². The van der Waals surface area contributed by atoms with Gasteiger partial charge in [-0.25, -0.2) is 0 Å². The Hall–Kier alpha value is -0.800. The predicted molar refractivity (Wildman–Crippen MR) is 66.2 cm³/mol. The minimum Gasteiger partial charge on any atom is -0.497 e. The van der Waals surface area contributed by atoms with Crippen molar-refractivity contribution in [3.05, 3.63) is 34.3 Å². The molecule has 3 heteroatoms. The highest BCUT2D eigenvalue weighted by molar-refractivity contribution is 9.10. The summed E-state index contributed by atoms with van der Waals surface area (Å²) >= 11 is 3.48. The Morgan fingerprint density at radius 3 is 2.67 bits per heavy atom. The van der Waals surface area contributed by atoms with Crippen LogP contribution >= 0.6 is 15.9 Å². The third-order valence-corrected chi connectivity index (χ3v) is 2.84. The van der Waals surface area contributed by atoms with Crippen LogP contribution in [0, 0.1) is 0 Å². The summed E-state index contributed by atoms with van der Waals surface area (Å²) in [5, 5.41) is 0. The number of halogens is 1. The van der Waals surface area contributed by atoms with E-state index in [1.165, 1.54) is 0 Å². The van der Waals surface area contributed by atoms with Crippen LogP contribution in [0.5, 0.6) is 5.75 Å². The molecule has 0 bridgehead atoms. The average Bonchev–Trinajstić information content (AvgIpc) is 2.27. The van der Waals surface area contributed by atoms with E-state index in [1.807, 2.05) is 37.3 Å². The minimum atomic E-state index is 0.114. The van der Waals surface area contributed by atoms with E-state index in [1.54, 1.807) is 14.2 Å². The van der Waals surface area contributed by atoms with E-state index in [2.05, 4.69) is 15.9 Å². The van der Waals surface area contributed by atoms with E-state index in [4.69, 9.17) is 9.47 Å². The molecular formula is C12H15BrO2. The lowest BCUT2D eigenvalue weighted by atomic mass is 10.2. The van der Waals surface area contributed by atoms with Gasteiger partial charge in [0, 0.05) is 11.6 Å². The second-order valence-electron chi connectivity index (χ2n) is 3.19. The Morgan fingerprint density at radius 1 is 1.33 bits per heavy atom. The maximum absolute atomic E-state index is 5.16. The zero-order valence-corrected chi connectivity index (χ0v) is 10.7. The highest BCUT2D eigenvalue weighted by atomic mass is 79.9. The van der Waals surface area contributed by atoms with Gasteiger partial charge < -0.3 is 9.47 Å². The van der Waals surface area contributed by atoms with Crippen LogP contribution in [0.25, 0.3) is 6.08 Å². The van der Waals surface area contributed by atoms with E-state index in [-0.39, 0.29) is 6.10 Å². The molecule has 1 aromatic rings. The smallest absolute Gasteiger partial charge is 0.119 e. The van der Waals surface area contributed by atoms with Gasteiger partial charge in [0.15, 0.2) is 0 Å². The lowest BCUT2D eigenvalue weighted by Gasteiger charge is -2.05. The fourth-order valence-electron chi connectivity index (χ4n) is 1.09. The lowest BCUT2D eigenvalue weighted by molar-refractivity contribution is 0.157. The van der Waals surface area contributed by atoms with Gasteiger partial charge in [-0.1, -0.05) is 28.1 Å². The number of hydrogen-bond donors (Lipinski definition) is 0. The fourth-order valence-corrected chi connectivity index (χ4v) is 1.47. The first kappa shape index (κ1) is 12.3. The molecule has 0 heterocycles. The van der Waals surface area contributed by atoms with E-state index in [0.717, 1.165) is 15.8 Å². The molecule has 0 N–H and O–H groups in total. The largest absolute Gasteiger partial charge is 0.497 e. The molecule has 0 saturated heterocycles. The number of rotatable bonds is 4. The molecular weight excluding hydrogens is 256 g/mol. The summed E-state index contributed by atoms with van der Waals surface area (Å²) < 4.78 is 11.3. The highest BCUT2D eigenvalue weighted by Crippen LogP contribution is 2.23. The van der Waals surface area contributed by atoms with Crippen LogP contribution in [0.4, 0.5) is 0 Å². The molecule has 1 unspecified atom stereocenters. The molecule has 1 aromatic carbocycles. The number of benzene rings is 1. The SMILES string of the molecule is COc1ccc(Br)c(/C=C/C(C)OC)c1. The summed E-state index contributed by atoms with van der Waals surface area (Å²) in [5.41, 5.74) is 1.08. The van der Waals surface area contributed by atoms with Crippen LogP contribution in [0.3, 0.4) is 0 Å². The maximum atomic E-state index is 5.16. The van der Waals surface area contributed by atoms with E-state index < -0.39 is 0 Å². The van der Waals surface area contributed by atoms with Crippen molar-refractivity contribution in [1.82, 2.24) is 0 Å². The maximum Gasteiger partial charge on any atom is 0.119 e. The van der Waals surface area contributed by atoms with Crippen molar-refractivity contribution in [1.29, 1.82) is 0 Å². The Morgan fingerprint density at radius 2 is 2.07 bits per heavy atom. The third-order valence-electron chi connectivity index (χ3n) is 2.12. The minimum absolute atomic E-state index is 0.114. The third kappa shape index (κ3) is 3.68. The Bertz CT molecular complexity index is 347. The zero-order chi connectivity index (χ0) is 11.3. The van der Waals surface area contributed by atoms with Crippen molar-refractivity contribution < 1.29 is 9.47 Å². The second-order valence-corrected chi connectivity index (χ2v) is 4.04. The number of ether oxygens (including phenoxy) is 2. The van der Waals surface area contributed by atoms with Gasteiger partial charge in [0.05, 0.1) is 13.2 Å². The molecule has 1 rings (SSSR count). The summed E-state index contributed by atoms with van der Waals surface area (Å²) in [6.07, 6.45) is 4.13. The highest BCUT2D eigenvalue weighted by Gasteiger charge is 1.99. The Kier molecular flexibility index (Phi) is 4.85. The van der Waals surface area contributed by atoms with Gasteiger partial charge >= 0.3 is 0 Å². The molecule has 0 amide bonds. The topological polar surface area (TPSA) is 18.5 Å². The van der Waals surface area contributed by atoms with E-state index in [0.29, 0.717) is 0 Å². The van der Waals surface area contributed by atoms with Crippen molar-refractivity contribution in [3.8, 4) is 5.75 Å². The van der Waals surface area contributed by atoms with Crippen LogP contribution in [-0.4, -0.2) is 20.3 Å². The molecule has 0 aliphatic carbocycles. The molecule has 0 radical (unpaired) electrons. The zero-order valence-electron chi connectivity index (χ0n) is 9.16. The van der Waals surface area contributed by atoms with Crippen molar-refractivity contribution in [2.75, 3.05) is 14.2 Å². The Balaban J connectivity index is 2.88. The lowest BCUT2D eigenvalue weighted by Crippen LogP contribution is -1.98.